The second kappa shape index (κ2) is 5.36. The van der Waals surface area contributed by atoms with E-state index < -0.39 is 39.3 Å². The highest BCUT2D eigenvalue weighted by Crippen LogP contribution is 2.37. The predicted molar refractivity (Wildman–Crippen MR) is 60.9 cm³/mol. The summed E-state index contributed by atoms with van der Waals surface area (Å²) in [4.78, 5) is 20.8. The van der Waals surface area contributed by atoms with E-state index >= 15 is 0 Å². The number of rotatable bonds is 3. The Morgan fingerprint density at radius 2 is 2.05 bits per heavy atom. The molecular weight excluding hydrogens is 333 g/mol. The fraction of sp³-hybridized carbons (Fsp3) is 0.200. The molecule has 0 fully saturated rings. The van der Waals surface area contributed by atoms with Gasteiger partial charge < -0.3 is 0 Å². The van der Waals surface area contributed by atoms with E-state index in [4.69, 9.17) is 5.26 Å². The van der Waals surface area contributed by atoms with Crippen LogP contribution in [0.5, 0.6) is 0 Å². The lowest BCUT2D eigenvalue weighted by Gasteiger charge is -2.09. The van der Waals surface area contributed by atoms with Crippen LogP contribution in [0.1, 0.15) is 21.5 Å². The van der Waals surface area contributed by atoms with Crippen molar-refractivity contribution in [1.82, 2.24) is 0 Å². The number of nitriles is 1. The van der Waals surface area contributed by atoms with Crippen molar-refractivity contribution < 1.29 is 22.9 Å². The van der Waals surface area contributed by atoms with Crippen molar-refractivity contribution >= 4 is 27.4 Å². The van der Waals surface area contributed by atoms with Gasteiger partial charge in [0.2, 0.25) is 0 Å². The van der Waals surface area contributed by atoms with Crippen LogP contribution in [0.25, 0.3) is 0 Å². The van der Waals surface area contributed by atoms with Crippen molar-refractivity contribution in [3.63, 3.8) is 0 Å². The maximum atomic E-state index is 12.6. The van der Waals surface area contributed by atoms with Crippen LogP contribution in [0, 0.1) is 21.4 Å². The van der Waals surface area contributed by atoms with Crippen LogP contribution >= 0.6 is 15.9 Å². The number of carbonyl (C=O) groups is 1. The van der Waals surface area contributed by atoms with Crippen LogP contribution in [0.2, 0.25) is 0 Å². The summed E-state index contributed by atoms with van der Waals surface area (Å²) in [5.41, 5.74) is -3.78. The number of nitro benzene ring substituents is 1. The Balaban J connectivity index is 3.67. The van der Waals surface area contributed by atoms with Gasteiger partial charge in [-0.25, -0.2) is 0 Å². The average molecular weight is 337 g/mol. The number of Topliss-reactive ketones (excluding diaryl/α,β-unsaturated/α-hetero) is 1. The van der Waals surface area contributed by atoms with Crippen molar-refractivity contribution in [2.45, 2.75) is 6.18 Å². The van der Waals surface area contributed by atoms with E-state index in [0.29, 0.717) is 12.1 Å². The van der Waals surface area contributed by atoms with Crippen molar-refractivity contribution in [2.24, 2.45) is 0 Å². The summed E-state index contributed by atoms with van der Waals surface area (Å²) in [5.74, 6) is -0.714. The maximum absolute atomic E-state index is 12.6. The van der Waals surface area contributed by atoms with Crippen molar-refractivity contribution in [3.8, 4) is 6.07 Å². The van der Waals surface area contributed by atoms with E-state index in [9.17, 15) is 28.1 Å². The molecule has 19 heavy (non-hydrogen) atoms. The summed E-state index contributed by atoms with van der Waals surface area (Å²) in [6, 6.07) is 2.22. The molecule has 0 atom stereocenters. The van der Waals surface area contributed by atoms with E-state index in [-0.39, 0.29) is 5.33 Å². The maximum Gasteiger partial charge on any atom is 0.423 e. The number of halogens is 4. The lowest BCUT2D eigenvalue weighted by atomic mass is 10.00. The number of nitro groups is 1. The molecule has 0 saturated carbocycles. The number of nitrogens with zero attached hydrogens (tertiary/aromatic N) is 2. The molecule has 0 aromatic heterocycles. The Bertz CT molecular complexity index is 593. The van der Waals surface area contributed by atoms with E-state index in [0.717, 1.165) is 0 Å². The topological polar surface area (TPSA) is 84.0 Å². The van der Waals surface area contributed by atoms with Crippen LogP contribution in [-0.2, 0) is 6.18 Å². The summed E-state index contributed by atoms with van der Waals surface area (Å²) < 4.78 is 37.9. The molecule has 0 bridgehead atoms. The van der Waals surface area contributed by atoms with Crippen LogP contribution in [0.3, 0.4) is 0 Å². The molecule has 0 aliphatic carbocycles. The quantitative estimate of drug-likeness (QED) is 0.367. The molecule has 0 amide bonds. The number of hydrogen-bond acceptors (Lipinski definition) is 4. The van der Waals surface area contributed by atoms with Gasteiger partial charge in [-0.3, -0.25) is 14.9 Å². The molecule has 0 heterocycles. The Kier molecular flexibility index (Phi) is 4.26. The predicted octanol–water partition coefficient (Wildman–Crippen LogP) is 3.06. The largest absolute Gasteiger partial charge is 0.423 e. The molecule has 0 aliphatic rings. The second-order valence-corrected chi connectivity index (χ2v) is 3.90. The van der Waals surface area contributed by atoms with E-state index in [1.165, 1.54) is 6.07 Å². The fourth-order valence-corrected chi connectivity index (χ4v) is 1.66. The lowest BCUT2D eigenvalue weighted by molar-refractivity contribution is -0.388. The zero-order valence-electron chi connectivity index (χ0n) is 8.99. The SMILES string of the molecule is N#Cc1cc(C(F)(F)F)c([N+](=O)[O-])cc1C(=O)CBr. The summed E-state index contributed by atoms with van der Waals surface area (Å²) in [5, 5.41) is 19.1. The summed E-state index contributed by atoms with van der Waals surface area (Å²) in [6.45, 7) is 0. The molecule has 1 aromatic rings. The minimum absolute atomic E-state index is 0.260. The molecule has 1 rings (SSSR count). The Hall–Kier alpha value is -1.95. The molecule has 0 radical (unpaired) electrons. The number of carbonyl (C=O) groups excluding carboxylic acids is 1. The van der Waals surface area contributed by atoms with Gasteiger partial charge in [0.15, 0.2) is 5.78 Å². The minimum atomic E-state index is -4.98. The zero-order chi connectivity index (χ0) is 14.8. The summed E-state index contributed by atoms with van der Waals surface area (Å²) in [6.07, 6.45) is -4.98. The van der Waals surface area contributed by atoms with Gasteiger partial charge in [0, 0.05) is 11.6 Å². The van der Waals surface area contributed by atoms with Gasteiger partial charge in [-0.15, -0.1) is 0 Å². The van der Waals surface area contributed by atoms with E-state index in [1.807, 2.05) is 0 Å². The first-order chi connectivity index (χ1) is 8.72. The van der Waals surface area contributed by atoms with Crippen LogP contribution in [0.4, 0.5) is 18.9 Å². The van der Waals surface area contributed by atoms with E-state index in [2.05, 4.69) is 15.9 Å². The molecular formula is C10H4BrF3N2O3. The zero-order valence-corrected chi connectivity index (χ0v) is 10.6. The second-order valence-electron chi connectivity index (χ2n) is 3.34. The molecule has 5 nitrogen and oxygen atoms in total. The number of benzene rings is 1. The highest BCUT2D eigenvalue weighted by Gasteiger charge is 2.39. The Morgan fingerprint density at radius 1 is 1.47 bits per heavy atom. The van der Waals surface area contributed by atoms with Crippen LogP contribution in [-0.4, -0.2) is 16.0 Å². The van der Waals surface area contributed by atoms with Crippen molar-refractivity contribution in [3.05, 3.63) is 38.9 Å². The third kappa shape index (κ3) is 3.08. The van der Waals surface area contributed by atoms with Crippen LogP contribution in [0.15, 0.2) is 12.1 Å². The lowest BCUT2D eigenvalue weighted by Crippen LogP contribution is -2.12. The minimum Gasteiger partial charge on any atom is -0.293 e. The standard InChI is InChI=1S/C10H4BrF3N2O3/c11-3-9(17)6-2-8(16(18)19)7(10(12,13)14)1-5(6)4-15/h1-2H,3H2. The first-order valence-electron chi connectivity index (χ1n) is 4.61. The van der Waals surface area contributed by atoms with Gasteiger partial charge in [0.25, 0.3) is 5.69 Å². The molecule has 9 heteroatoms. The van der Waals surface area contributed by atoms with E-state index in [1.54, 1.807) is 0 Å². The Labute approximate surface area is 112 Å². The number of alkyl halides is 4. The third-order valence-corrected chi connectivity index (χ3v) is 2.69. The van der Waals surface area contributed by atoms with Crippen LogP contribution < -0.4 is 0 Å². The molecule has 0 N–H and O–H groups in total. The van der Waals surface area contributed by atoms with Crippen molar-refractivity contribution in [2.75, 3.05) is 5.33 Å². The highest BCUT2D eigenvalue weighted by atomic mass is 79.9. The average Bonchev–Trinajstić information content (AvgIpc) is 2.34. The van der Waals surface area contributed by atoms with Gasteiger partial charge in [0.05, 0.1) is 21.9 Å². The summed E-state index contributed by atoms with van der Waals surface area (Å²) in [7, 11) is 0. The van der Waals surface area contributed by atoms with Gasteiger partial charge in [0.1, 0.15) is 5.56 Å². The summed E-state index contributed by atoms with van der Waals surface area (Å²) >= 11 is 2.78. The van der Waals surface area contributed by atoms with Gasteiger partial charge >= 0.3 is 6.18 Å². The molecule has 0 aliphatic heterocycles. The molecule has 0 saturated heterocycles. The Morgan fingerprint density at radius 3 is 2.42 bits per heavy atom. The first kappa shape index (κ1) is 15.1. The van der Waals surface area contributed by atoms with Gasteiger partial charge in [-0.2, -0.15) is 18.4 Å². The molecule has 1 aromatic carbocycles. The molecule has 0 unspecified atom stereocenters. The van der Waals surface area contributed by atoms with Gasteiger partial charge in [-0.1, -0.05) is 15.9 Å². The monoisotopic (exact) mass is 336 g/mol. The first-order valence-corrected chi connectivity index (χ1v) is 5.73. The number of hydrogen-bond donors (Lipinski definition) is 0. The highest BCUT2D eigenvalue weighted by molar-refractivity contribution is 9.09. The fourth-order valence-electron chi connectivity index (χ4n) is 1.36. The third-order valence-electron chi connectivity index (χ3n) is 2.18. The number of ketones is 1. The smallest absolute Gasteiger partial charge is 0.293 e. The normalized spacial score (nSPS) is 10.9. The molecule has 100 valence electrons. The van der Waals surface area contributed by atoms with Crippen molar-refractivity contribution in [1.29, 1.82) is 5.26 Å². The van der Waals surface area contributed by atoms with Gasteiger partial charge in [-0.05, 0) is 6.07 Å². The molecule has 0 spiro atoms.